The third kappa shape index (κ3) is 4.55. The molecule has 1 aliphatic rings. The summed E-state index contributed by atoms with van der Waals surface area (Å²) in [6.07, 6.45) is 1.93. The lowest BCUT2D eigenvalue weighted by Crippen LogP contribution is -2.16. The van der Waals surface area contributed by atoms with Crippen LogP contribution in [0, 0.1) is 6.92 Å². The summed E-state index contributed by atoms with van der Waals surface area (Å²) < 4.78 is 35.2. The predicted octanol–water partition coefficient (Wildman–Crippen LogP) is 6.76. The first kappa shape index (κ1) is 25.4. The molecule has 4 aromatic carbocycles. The highest BCUT2D eigenvalue weighted by Gasteiger charge is 2.23. The van der Waals surface area contributed by atoms with Gasteiger partial charge < -0.3 is 0 Å². The van der Waals surface area contributed by atoms with Crippen LogP contribution in [0.2, 0.25) is 0 Å². The monoisotopic (exact) mass is 574 g/mol. The lowest BCUT2D eigenvalue weighted by molar-refractivity contribution is 0.596. The van der Waals surface area contributed by atoms with Crippen LogP contribution in [-0.2, 0) is 22.9 Å². The average molecular weight is 575 g/mol. The topological polar surface area (TPSA) is 69.2 Å². The SMILES string of the molecule is Cc1c2c(nn1-c1ccc(S(=O)(=O)/N=c3\scc(-c4ccccc4)n3-c3ccccc3)cc1)-c1ccccc1CC2. The number of nitrogens with zero attached hydrogens (tertiary/aromatic N) is 4. The molecular formula is C33H26N4O2S2. The van der Waals surface area contributed by atoms with Crippen molar-refractivity contribution in [2.24, 2.45) is 4.40 Å². The van der Waals surface area contributed by atoms with Gasteiger partial charge in [-0.25, -0.2) is 4.68 Å². The number of hydrogen-bond acceptors (Lipinski definition) is 4. The van der Waals surface area contributed by atoms with Crippen molar-refractivity contribution in [3.05, 3.63) is 136 Å². The molecule has 0 aliphatic heterocycles. The lowest BCUT2D eigenvalue weighted by atomic mass is 9.89. The fraction of sp³-hybridized carbons (Fsp3) is 0.0909. The molecule has 0 fully saturated rings. The van der Waals surface area contributed by atoms with E-state index in [0.29, 0.717) is 4.80 Å². The van der Waals surface area contributed by atoms with Gasteiger partial charge in [-0.15, -0.1) is 15.7 Å². The highest BCUT2D eigenvalue weighted by Crippen LogP contribution is 2.35. The minimum atomic E-state index is -3.98. The van der Waals surface area contributed by atoms with Gasteiger partial charge >= 0.3 is 0 Å². The Morgan fingerprint density at radius 3 is 2.22 bits per heavy atom. The molecule has 0 saturated carbocycles. The molecule has 0 radical (unpaired) electrons. The summed E-state index contributed by atoms with van der Waals surface area (Å²) in [7, 11) is -3.98. The standard InChI is InChI=1S/C33H26N4O2S2/c1-23-29-21-16-24-10-8-9-15-30(24)32(29)34-37(23)27-17-19-28(20-18-27)41(38,39)35-33-36(26-13-6-3-7-14-26)31(22-40-33)25-11-4-2-5-12-25/h2-15,17-20,22H,16,21H2,1H3/b35-33-. The number of sulfonamides is 1. The van der Waals surface area contributed by atoms with E-state index in [1.54, 1.807) is 24.3 Å². The van der Waals surface area contributed by atoms with Crippen molar-refractivity contribution in [3.63, 3.8) is 0 Å². The first-order valence-corrected chi connectivity index (χ1v) is 15.7. The van der Waals surface area contributed by atoms with Crippen molar-refractivity contribution >= 4 is 21.4 Å². The van der Waals surface area contributed by atoms with E-state index in [-0.39, 0.29) is 4.90 Å². The van der Waals surface area contributed by atoms with Crippen LogP contribution in [0.5, 0.6) is 0 Å². The maximum Gasteiger partial charge on any atom is 0.285 e. The van der Waals surface area contributed by atoms with Gasteiger partial charge in [0.25, 0.3) is 10.0 Å². The Balaban J connectivity index is 1.27. The first-order valence-electron chi connectivity index (χ1n) is 13.4. The second-order valence-corrected chi connectivity index (χ2v) is 12.4. The van der Waals surface area contributed by atoms with Crippen LogP contribution >= 0.6 is 11.3 Å². The van der Waals surface area contributed by atoms with E-state index in [4.69, 9.17) is 5.10 Å². The quantitative estimate of drug-likeness (QED) is 0.229. The summed E-state index contributed by atoms with van der Waals surface area (Å²) in [6, 6.07) is 34.8. The van der Waals surface area contributed by atoms with E-state index in [2.05, 4.69) is 29.5 Å². The summed E-state index contributed by atoms with van der Waals surface area (Å²) in [5.41, 5.74) is 9.33. The second kappa shape index (κ2) is 10.1. The second-order valence-electron chi connectivity index (χ2n) is 9.98. The van der Waals surface area contributed by atoms with Crippen LogP contribution in [0.15, 0.2) is 124 Å². The van der Waals surface area contributed by atoms with Crippen molar-refractivity contribution in [3.8, 4) is 33.9 Å². The van der Waals surface area contributed by atoms with E-state index in [0.717, 1.165) is 46.9 Å². The van der Waals surface area contributed by atoms with Gasteiger partial charge in [0.1, 0.15) is 0 Å². The lowest BCUT2D eigenvalue weighted by Gasteiger charge is -2.14. The Kier molecular flexibility index (Phi) is 6.29. The van der Waals surface area contributed by atoms with Crippen molar-refractivity contribution in [1.29, 1.82) is 0 Å². The Morgan fingerprint density at radius 1 is 0.780 bits per heavy atom. The summed E-state index contributed by atoms with van der Waals surface area (Å²) >= 11 is 1.30. The molecular weight excluding hydrogens is 549 g/mol. The zero-order valence-electron chi connectivity index (χ0n) is 22.3. The van der Waals surface area contributed by atoms with E-state index < -0.39 is 10.0 Å². The fourth-order valence-corrected chi connectivity index (χ4v) is 7.56. The number of aromatic nitrogens is 3. The van der Waals surface area contributed by atoms with Crippen molar-refractivity contribution < 1.29 is 8.42 Å². The molecule has 0 bridgehead atoms. The van der Waals surface area contributed by atoms with E-state index >= 15 is 0 Å². The van der Waals surface area contributed by atoms with Crippen LogP contribution in [0.25, 0.3) is 33.9 Å². The molecule has 0 N–H and O–H groups in total. The predicted molar refractivity (Wildman–Crippen MR) is 163 cm³/mol. The van der Waals surface area contributed by atoms with Crippen LogP contribution < -0.4 is 4.80 Å². The number of hydrogen-bond donors (Lipinski definition) is 0. The molecule has 0 saturated heterocycles. The van der Waals surface area contributed by atoms with Gasteiger partial charge in [-0.2, -0.15) is 13.5 Å². The Bertz CT molecular complexity index is 2060. The van der Waals surface area contributed by atoms with Crippen molar-refractivity contribution in [2.45, 2.75) is 24.7 Å². The molecule has 1 aliphatic carbocycles. The largest absolute Gasteiger partial charge is 0.285 e. The highest BCUT2D eigenvalue weighted by molar-refractivity contribution is 7.90. The number of thiazole rings is 1. The normalized spacial score (nSPS) is 13.1. The number of para-hydroxylation sites is 1. The van der Waals surface area contributed by atoms with E-state index in [9.17, 15) is 8.42 Å². The first-order chi connectivity index (χ1) is 20.0. The molecule has 2 aromatic heterocycles. The van der Waals surface area contributed by atoms with Gasteiger partial charge in [-0.05, 0) is 67.3 Å². The molecule has 6 nitrogen and oxygen atoms in total. The van der Waals surface area contributed by atoms with Crippen molar-refractivity contribution in [2.75, 3.05) is 0 Å². The fourth-order valence-electron chi connectivity index (χ4n) is 5.46. The van der Waals surface area contributed by atoms with Crippen LogP contribution in [0.4, 0.5) is 0 Å². The van der Waals surface area contributed by atoms with Gasteiger partial charge in [-0.3, -0.25) is 4.57 Å². The Labute approximate surface area is 242 Å². The van der Waals surface area contributed by atoms with Gasteiger partial charge in [0, 0.05) is 27.9 Å². The van der Waals surface area contributed by atoms with Gasteiger partial charge in [-0.1, -0.05) is 72.8 Å². The van der Waals surface area contributed by atoms with Gasteiger partial charge in [0.05, 0.1) is 22.0 Å². The molecule has 0 amide bonds. The number of aryl methyl sites for hydroxylation is 1. The Morgan fingerprint density at radius 2 is 1.46 bits per heavy atom. The van der Waals surface area contributed by atoms with E-state index in [1.807, 2.05) is 81.4 Å². The zero-order valence-corrected chi connectivity index (χ0v) is 23.9. The molecule has 6 aromatic rings. The maximum atomic E-state index is 13.5. The summed E-state index contributed by atoms with van der Waals surface area (Å²) in [6.45, 7) is 2.07. The van der Waals surface area contributed by atoms with Crippen molar-refractivity contribution in [1.82, 2.24) is 14.3 Å². The number of rotatable bonds is 5. The van der Waals surface area contributed by atoms with Gasteiger partial charge in [0.15, 0.2) is 0 Å². The molecule has 0 spiro atoms. The molecule has 0 atom stereocenters. The maximum absolute atomic E-state index is 13.5. The minimum Gasteiger partial charge on any atom is -0.284 e. The summed E-state index contributed by atoms with van der Waals surface area (Å²) in [5, 5.41) is 6.88. The summed E-state index contributed by atoms with van der Waals surface area (Å²) in [5.74, 6) is 0. The molecule has 7 rings (SSSR count). The molecule has 0 unspecified atom stereocenters. The average Bonchev–Trinajstić information content (AvgIpc) is 3.58. The third-order valence-corrected chi connectivity index (χ3v) is 9.75. The number of benzene rings is 4. The third-order valence-electron chi connectivity index (χ3n) is 7.53. The zero-order chi connectivity index (χ0) is 28.0. The Hall–Kier alpha value is -4.53. The summed E-state index contributed by atoms with van der Waals surface area (Å²) in [4.78, 5) is 0.517. The minimum absolute atomic E-state index is 0.135. The van der Waals surface area contributed by atoms with Crippen LogP contribution in [-0.4, -0.2) is 22.8 Å². The highest BCUT2D eigenvalue weighted by atomic mass is 32.2. The molecule has 2 heterocycles. The van der Waals surface area contributed by atoms with Crippen LogP contribution in [0.1, 0.15) is 16.8 Å². The van der Waals surface area contributed by atoms with Gasteiger partial charge in [0.2, 0.25) is 4.80 Å². The molecule has 41 heavy (non-hydrogen) atoms. The molecule has 8 heteroatoms. The smallest absolute Gasteiger partial charge is 0.284 e. The van der Waals surface area contributed by atoms with Crippen LogP contribution in [0.3, 0.4) is 0 Å². The van der Waals surface area contributed by atoms with E-state index in [1.165, 1.54) is 28.0 Å². The molecule has 202 valence electrons. The number of fused-ring (bicyclic) bond motifs is 3.